The van der Waals surface area contributed by atoms with Gasteiger partial charge in [-0.15, -0.1) is 0 Å². The first kappa shape index (κ1) is 16.9. The molecule has 0 unspecified atom stereocenters. The molecular weight excluding hydrogens is 324 g/mol. The third kappa shape index (κ3) is 3.73. The molecule has 2 N–H and O–H groups in total. The number of aromatic nitrogens is 2. The van der Waals surface area contributed by atoms with Crippen molar-refractivity contribution in [2.75, 3.05) is 12.4 Å². The highest BCUT2D eigenvalue weighted by atomic mass is 32.2. The minimum Gasteiger partial charge on any atom is -0.382 e. The molecule has 1 aromatic carbocycles. The molecule has 0 bridgehead atoms. The van der Waals surface area contributed by atoms with Crippen LogP contribution in [0.2, 0.25) is 0 Å². The lowest BCUT2D eigenvalue weighted by Gasteiger charge is -2.25. The molecule has 1 aliphatic rings. The van der Waals surface area contributed by atoms with E-state index in [0.29, 0.717) is 6.04 Å². The van der Waals surface area contributed by atoms with Gasteiger partial charge in [-0.25, -0.2) is 23.1 Å². The van der Waals surface area contributed by atoms with Crippen molar-refractivity contribution in [3.8, 4) is 11.1 Å². The van der Waals surface area contributed by atoms with Gasteiger partial charge in [0.2, 0.25) is 10.0 Å². The van der Waals surface area contributed by atoms with Crippen LogP contribution in [-0.2, 0) is 10.0 Å². The molecule has 1 aliphatic carbocycles. The van der Waals surface area contributed by atoms with Crippen molar-refractivity contribution in [3.05, 3.63) is 36.9 Å². The van der Waals surface area contributed by atoms with E-state index < -0.39 is 10.0 Å². The average molecular weight is 346 g/mol. The number of hydrogen-bond acceptors (Lipinski definition) is 5. The summed E-state index contributed by atoms with van der Waals surface area (Å²) in [5.41, 5.74) is 2.52. The third-order valence-electron chi connectivity index (χ3n) is 4.41. The molecule has 6 nitrogen and oxygen atoms in total. The number of hydrogen-bond donors (Lipinski definition) is 2. The van der Waals surface area contributed by atoms with Crippen molar-refractivity contribution in [2.45, 2.75) is 43.0 Å². The molecule has 2 aromatic rings. The van der Waals surface area contributed by atoms with Crippen LogP contribution < -0.4 is 10.0 Å². The summed E-state index contributed by atoms with van der Waals surface area (Å²) >= 11 is 0. The number of nitrogens with zero attached hydrogens (tertiary/aromatic N) is 2. The summed E-state index contributed by atoms with van der Waals surface area (Å²) in [6, 6.07) is 5.56. The van der Waals surface area contributed by atoms with Crippen LogP contribution in [0.1, 0.15) is 32.1 Å². The average Bonchev–Trinajstić information content (AvgIpc) is 2.63. The van der Waals surface area contributed by atoms with Crippen molar-refractivity contribution < 1.29 is 8.42 Å². The van der Waals surface area contributed by atoms with Crippen LogP contribution in [0.25, 0.3) is 11.1 Å². The second-order valence-electron chi connectivity index (χ2n) is 6.02. The van der Waals surface area contributed by atoms with Crippen molar-refractivity contribution in [1.82, 2.24) is 14.7 Å². The largest absolute Gasteiger partial charge is 0.382 e. The Hall–Kier alpha value is -1.99. The van der Waals surface area contributed by atoms with Crippen LogP contribution in [0.15, 0.2) is 41.8 Å². The minimum atomic E-state index is -3.50. The number of rotatable bonds is 5. The van der Waals surface area contributed by atoms with Gasteiger partial charge < -0.3 is 5.32 Å². The highest BCUT2D eigenvalue weighted by molar-refractivity contribution is 7.89. The van der Waals surface area contributed by atoms with Crippen LogP contribution in [-0.4, -0.2) is 31.5 Å². The second kappa shape index (κ2) is 7.27. The molecule has 128 valence electrons. The van der Waals surface area contributed by atoms with E-state index in [1.54, 1.807) is 24.5 Å². The quantitative estimate of drug-likeness (QED) is 0.870. The van der Waals surface area contributed by atoms with E-state index in [-0.39, 0.29) is 4.90 Å². The van der Waals surface area contributed by atoms with E-state index >= 15 is 0 Å². The summed E-state index contributed by atoms with van der Waals surface area (Å²) in [6.07, 6.45) is 10.9. The lowest BCUT2D eigenvalue weighted by atomic mass is 9.94. The molecule has 1 aromatic heterocycles. The van der Waals surface area contributed by atoms with Gasteiger partial charge in [0.05, 0.1) is 4.90 Å². The second-order valence-corrected chi connectivity index (χ2v) is 7.91. The summed E-state index contributed by atoms with van der Waals surface area (Å²) in [4.78, 5) is 8.35. The summed E-state index contributed by atoms with van der Waals surface area (Å²) < 4.78 is 26.6. The van der Waals surface area contributed by atoms with Gasteiger partial charge in [0.25, 0.3) is 0 Å². The zero-order valence-corrected chi connectivity index (χ0v) is 14.5. The van der Waals surface area contributed by atoms with Crippen molar-refractivity contribution in [3.63, 3.8) is 0 Å². The number of nitrogens with one attached hydrogen (secondary N) is 2. The smallest absolute Gasteiger partial charge is 0.240 e. The summed E-state index contributed by atoms with van der Waals surface area (Å²) in [6.45, 7) is 0. The SMILES string of the molecule is CNS(=O)(=O)c1ccc(NC2CCCCC2)c(-c2cncnc2)c1. The van der Waals surface area contributed by atoms with E-state index in [0.717, 1.165) is 29.7 Å². The van der Waals surface area contributed by atoms with Gasteiger partial charge in [-0.05, 0) is 38.1 Å². The Morgan fingerprint density at radius 2 is 1.79 bits per heavy atom. The minimum absolute atomic E-state index is 0.234. The topological polar surface area (TPSA) is 84.0 Å². The molecule has 7 heteroatoms. The molecule has 0 atom stereocenters. The van der Waals surface area contributed by atoms with E-state index in [1.165, 1.54) is 32.6 Å². The monoisotopic (exact) mass is 346 g/mol. The number of anilines is 1. The van der Waals surface area contributed by atoms with Crippen LogP contribution in [0.4, 0.5) is 5.69 Å². The predicted molar refractivity (Wildman–Crippen MR) is 94.2 cm³/mol. The van der Waals surface area contributed by atoms with Crippen LogP contribution in [0, 0.1) is 0 Å². The summed E-state index contributed by atoms with van der Waals surface area (Å²) in [5, 5.41) is 3.57. The standard InChI is InChI=1S/C17H22N4O2S/c1-18-24(22,23)15-7-8-17(21-14-5-3-2-4-6-14)16(9-15)13-10-19-12-20-11-13/h7-12,14,18,21H,2-6H2,1H3. The first-order valence-electron chi connectivity index (χ1n) is 8.19. The van der Waals surface area contributed by atoms with Crippen molar-refractivity contribution >= 4 is 15.7 Å². The molecular formula is C17H22N4O2S. The van der Waals surface area contributed by atoms with Gasteiger partial charge in [0.15, 0.2) is 0 Å². The number of sulfonamides is 1. The van der Waals surface area contributed by atoms with Crippen molar-refractivity contribution in [2.24, 2.45) is 0 Å². The van der Waals surface area contributed by atoms with Crippen LogP contribution >= 0.6 is 0 Å². The molecule has 0 saturated heterocycles. The normalized spacial score (nSPS) is 16.0. The Bertz CT molecular complexity index is 787. The number of benzene rings is 1. The Morgan fingerprint density at radius 3 is 2.46 bits per heavy atom. The molecule has 24 heavy (non-hydrogen) atoms. The highest BCUT2D eigenvalue weighted by Gasteiger charge is 2.18. The zero-order chi connectivity index (χ0) is 17.0. The van der Waals surface area contributed by atoms with Gasteiger partial charge in [-0.3, -0.25) is 0 Å². The Balaban J connectivity index is 2.01. The molecule has 1 heterocycles. The van der Waals surface area contributed by atoms with E-state index in [2.05, 4.69) is 20.0 Å². The molecule has 0 spiro atoms. The van der Waals surface area contributed by atoms with Gasteiger partial charge in [0, 0.05) is 35.2 Å². The maximum absolute atomic E-state index is 12.1. The van der Waals surface area contributed by atoms with E-state index in [4.69, 9.17) is 0 Å². The maximum atomic E-state index is 12.1. The molecule has 3 rings (SSSR count). The third-order valence-corrected chi connectivity index (χ3v) is 5.82. The Labute approximate surface area is 142 Å². The van der Waals surface area contributed by atoms with Crippen molar-refractivity contribution in [1.29, 1.82) is 0 Å². The fraction of sp³-hybridized carbons (Fsp3) is 0.412. The van der Waals surface area contributed by atoms with Crippen LogP contribution in [0.3, 0.4) is 0 Å². The fourth-order valence-electron chi connectivity index (χ4n) is 3.08. The highest BCUT2D eigenvalue weighted by Crippen LogP contribution is 2.32. The maximum Gasteiger partial charge on any atom is 0.240 e. The van der Waals surface area contributed by atoms with E-state index in [1.807, 2.05) is 6.07 Å². The first-order valence-corrected chi connectivity index (χ1v) is 9.68. The Kier molecular flexibility index (Phi) is 5.11. The van der Waals surface area contributed by atoms with Gasteiger partial charge in [-0.2, -0.15) is 0 Å². The molecule has 0 amide bonds. The zero-order valence-electron chi connectivity index (χ0n) is 13.7. The fourth-order valence-corrected chi connectivity index (χ4v) is 3.83. The Morgan fingerprint density at radius 1 is 1.08 bits per heavy atom. The summed E-state index contributed by atoms with van der Waals surface area (Å²) in [7, 11) is -2.09. The molecule has 0 aliphatic heterocycles. The lowest BCUT2D eigenvalue weighted by Crippen LogP contribution is -2.23. The predicted octanol–water partition coefficient (Wildman–Crippen LogP) is 2.80. The molecule has 0 radical (unpaired) electrons. The molecule has 1 saturated carbocycles. The van der Waals surface area contributed by atoms with Gasteiger partial charge >= 0.3 is 0 Å². The van der Waals surface area contributed by atoms with Gasteiger partial charge in [0.1, 0.15) is 6.33 Å². The van der Waals surface area contributed by atoms with Gasteiger partial charge in [-0.1, -0.05) is 19.3 Å². The lowest BCUT2D eigenvalue weighted by molar-refractivity contribution is 0.463. The molecule has 1 fully saturated rings. The first-order chi connectivity index (χ1) is 11.6. The van der Waals surface area contributed by atoms with Crippen LogP contribution in [0.5, 0.6) is 0 Å². The summed E-state index contributed by atoms with van der Waals surface area (Å²) in [5.74, 6) is 0. The van der Waals surface area contributed by atoms with E-state index in [9.17, 15) is 8.42 Å².